The van der Waals surface area contributed by atoms with E-state index in [4.69, 9.17) is 14.7 Å². The summed E-state index contributed by atoms with van der Waals surface area (Å²) in [5.74, 6) is 0.592. The van der Waals surface area contributed by atoms with Gasteiger partial charge in [0, 0.05) is 18.9 Å². The van der Waals surface area contributed by atoms with Crippen LogP contribution in [0.4, 0.5) is 0 Å². The van der Waals surface area contributed by atoms with Gasteiger partial charge in [-0.15, -0.1) is 0 Å². The molecule has 0 amide bonds. The Kier molecular flexibility index (Phi) is 3.90. The van der Waals surface area contributed by atoms with Gasteiger partial charge in [0.15, 0.2) is 6.79 Å². The summed E-state index contributed by atoms with van der Waals surface area (Å²) in [5, 5.41) is 8.90. The molecule has 1 aromatic heterocycles. The first-order valence-electron chi connectivity index (χ1n) is 5.42. The van der Waals surface area contributed by atoms with Crippen LogP contribution in [0.25, 0.3) is 11.3 Å². The van der Waals surface area contributed by atoms with Gasteiger partial charge in [-0.2, -0.15) is 5.26 Å². The van der Waals surface area contributed by atoms with Crippen LogP contribution in [0.3, 0.4) is 0 Å². The van der Waals surface area contributed by atoms with Gasteiger partial charge in [0.25, 0.3) is 0 Å². The van der Waals surface area contributed by atoms with E-state index in [2.05, 4.69) is 11.1 Å². The Morgan fingerprint density at radius 1 is 1.28 bits per heavy atom. The molecule has 0 unspecified atom stereocenters. The molecule has 0 saturated heterocycles. The molecule has 0 aliphatic carbocycles. The molecule has 0 atom stereocenters. The number of methoxy groups -OCH3 is 1. The molecule has 4 nitrogen and oxygen atoms in total. The van der Waals surface area contributed by atoms with Crippen molar-refractivity contribution in [2.24, 2.45) is 0 Å². The number of hydrogen-bond acceptors (Lipinski definition) is 4. The predicted octanol–water partition coefficient (Wildman–Crippen LogP) is 2.60. The summed E-state index contributed by atoms with van der Waals surface area (Å²) in [4.78, 5) is 4.27. The summed E-state index contributed by atoms with van der Waals surface area (Å²) < 4.78 is 10.4. The number of benzene rings is 1. The topological polar surface area (TPSA) is 55.1 Å². The van der Waals surface area contributed by atoms with Gasteiger partial charge in [-0.25, -0.2) is 0 Å². The van der Waals surface area contributed by atoms with E-state index in [1.54, 1.807) is 25.4 Å². The van der Waals surface area contributed by atoms with E-state index in [1.807, 2.05) is 24.3 Å². The van der Waals surface area contributed by atoms with E-state index in [1.165, 1.54) is 0 Å². The Balaban J connectivity index is 2.43. The summed E-state index contributed by atoms with van der Waals surface area (Å²) in [7, 11) is 1.55. The molecule has 2 rings (SSSR count). The first-order valence-corrected chi connectivity index (χ1v) is 5.42. The van der Waals surface area contributed by atoms with Gasteiger partial charge in [-0.3, -0.25) is 4.98 Å². The van der Waals surface area contributed by atoms with Crippen molar-refractivity contribution in [3.05, 3.63) is 48.2 Å². The third-order valence-electron chi connectivity index (χ3n) is 2.38. The van der Waals surface area contributed by atoms with Crippen molar-refractivity contribution in [3.8, 4) is 23.1 Å². The molecule has 0 bridgehead atoms. The number of pyridine rings is 1. The second kappa shape index (κ2) is 5.80. The highest BCUT2D eigenvalue weighted by Crippen LogP contribution is 2.29. The van der Waals surface area contributed by atoms with Crippen LogP contribution in [0.15, 0.2) is 42.6 Å². The lowest BCUT2D eigenvalue weighted by atomic mass is 10.1. The van der Waals surface area contributed by atoms with Gasteiger partial charge in [0.05, 0.1) is 17.3 Å². The highest BCUT2D eigenvalue weighted by molar-refractivity contribution is 5.68. The normalized spacial score (nSPS) is 9.78. The Morgan fingerprint density at radius 2 is 2.17 bits per heavy atom. The van der Waals surface area contributed by atoms with E-state index in [0.717, 1.165) is 11.3 Å². The molecule has 0 spiro atoms. The molecule has 0 saturated carbocycles. The Labute approximate surface area is 105 Å². The van der Waals surface area contributed by atoms with Crippen LogP contribution < -0.4 is 4.74 Å². The molecule has 18 heavy (non-hydrogen) atoms. The number of nitriles is 1. The minimum Gasteiger partial charge on any atom is -0.467 e. The lowest BCUT2D eigenvalue weighted by molar-refractivity contribution is 0.0515. The van der Waals surface area contributed by atoms with Crippen LogP contribution in [0.2, 0.25) is 0 Å². The number of aromatic nitrogens is 1. The summed E-state index contributed by atoms with van der Waals surface area (Å²) in [6.45, 7) is 0.134. The SMILES string of the molecule is COCOc1cc(C#N)ccc1-c1ccccn1. The summed E-state index contributed by atoms with van der Waals surface area (Å²) >= 11 is 0. The van der Waals surface area contributed by atoms with Gasteiger partial charge in [-0.1, -0.05) is 6.07 Å². The molecule has 90 valence electrons. The molecule has 4 heteroatoms. The van der Waals surface area contributed by atoms with Gasteiger partial charge in [0.1, 0.15) is 5.75 Å². The molecule has 0 aliphatic rings. The summed E-state index contributed by atoms with van der Waals surface area (Å²) in [5.41, 5.74) is 2.18. The van der Waals surface area contributed by atoms with Crippen LogP contribution in [-0.4, -0.2) is 18.9 Å². The monoisotopic (exact) mass is 240 g/mol. The van der Waals surface area contributed by atoms with Gasteiger partial charge >= 0.3 is 0 Å². The minimum atomic E-state index is 0.134. The third-order valence-corrected chi connectivity index (χ3v) is 2.38. The average molecular weight is 240 g/mol. The van der Waals surface area contributed by atoms with Crippen LogP contribution in [-0.2, 0) is 4.74 Å². The number of ether oxygens (including phenoxy) is 2. The van der Waals surface area contributed by atoms with E-state index in [9.17, 15) is 0 Å². The highest BCUT2D eigenvalue weighted by atomic mass is 16.7. The predicted molar refractivity (Wildman–Crippen MR) is 66.9 cm³/mol. The Morgan fingerprint density at radius 3 is 2.83 bits per heavy atom. The van der Waals surface area contributed by atoms with Crippen molar-refractivity contribution < 1.29 is 9.47 Å². The van der Waals surface area contributed by atoms with Crippen LogP contribution in [0.1, 0.15) is 5.56 Å². The maximum Gasteiger partial charge on any atom is 0.188 e. The molecule has 1 heterocycles. The van der Waals surface area contributed by atoms with Crippen molar-refractivity contribution in [1.29, 1.82) is 5.26 Å². The lowest BCUT2D eigenvalue weighted by Crippen LogP contribution is -2.01. The summed E-state index contributed by atoms with van der Waals surface area (Å²) in [6, 6.07) is 13.0. The van der Waals surface area contributed by atoms with Crippen LogP contribution in [0.5, 0.6) is 5.75 Å². The molecule has 0 N–H and O–H groups in total. The fraction of sp³-hybridized carbons (Fsp3) is 0.143. The van der Waals surface area contributed by atoms with E-state index >= 15 is 0 Å². The molecule has 2 aromatic rings. The number of hydrogen-bond donors (Lipinski definition) is 0. The third kappa shape index (κ3) is 2.65. The minimum absolute atomic E-state index is 0.134. The maximum atomic E-state index is 8.90. The zero-order chi connectivity index (χ0) is 12.8. The Bertz CT molecular complexity index is 562. The van der Waals surface area contributed by atoms with E-state index in [0.29, 0.717) is 11.3 Å². The van der Waals surface area contributed by atoms with Crippen molar-refractivity contribution in [1.82, 2.24) is 4.98 Å². The highest BCUT2D eigenvalue weighted by Gasteiger charge is 2.08. The lowest BCUT2D eigenvalue weighted by Gasteiger charge is -2.10. The number of nitrogens with zero attached hydrogens (tertiary/aromatic N) is 2. The standard InChI is InChI=1S/C14H12N2O2/c1-17-10-18-14-8-11(9-15)5-6-12(14)13-4-2-3-7-16-13/h2-8H,10H2,1H3. The van der Waals surface area contributed by atoms with Crippen LogP contribution in [0, 0.1) is 11.3 Å². The zero-order valence-electron chi connectivity index (χ0n) is 9.96. The van der Waals surface area contributed by atoms with Crippen molar-refractivity contribution in [2.75, 3.05) is 13.9 Å². The number of rotatable bonds is 4. The quantitative estimate of drug-likeness (QED) is 0.771. The van der Waals surface area contributed by atoms with Crippen molar-refractivity contribution >= 4 is 0 Å². The molecule has 0 fully saturated rings. The van der Waals surface area contributed by atoms with Crippen LogP contribution >= 0.6 is 0 Å². The van der Waals surface area contributed by atoms with Gasteiger partial charge in [-0.05, 0) is 30.3 Å². The fourth-order valence-electron chi connectivity index (χ4n) is 1.57. The van der Waals surface area contributed by atoms with E-state index in [-0.39, 0.29) is 6.79 Å². The smallest absolute Gasteiger partial charge is 0.188 e. The van der Waals surface area contributed by atoms with Crippen molar-refractivity contribution in [3.63, 3.8) is 0 Å². The molecule has 0 aliphatic heterocycles. The van der Waals surface area contributed by atoms with Gasteiger partial charge < -0.3 is 9.47 Å². The summed E-state index contributed by atoms with van der Waals surface area (Å²) in [6.07, 6.45) is 1.72. The maximum absolute atomic E-state index is 8.90. The van der Waals surface area contributed by atoms with Gasteiger partial charge in [0.2, 0.25) is 0 Å². The first kappa shape index (κ1) is 12.1. The largest absolute Gasteiger partial charge is 0.467 e. The second-order valence-electron chi connectivity index (χ2n) is 3.59. The van der Waals surface area contributed by atoms with Crippen molar-refractivity contribution in [2.45, 2.75) is 0 Å². The van der Waals surface area contributed by atoms with E-state index < -0.39 is 0 Å². The Hall–Kier alpha value is -2.38. The first-order chi connectivity index (χ1) is 8.85. The fourth-order valence-corrected chi connectivity index (χ4v) is 1.57. The molecule has 1 aromatic carbocycles. The molecular weight excluding hydrogens is 228 g/mol. The second-order valence-corrected chi connectivity index (χ2v) is 3.59. The zero-order valence-corrected chi connectivity index (χ0v) is 9.96. The average Bonchev–Trinajstić information content (AvgIpc) is 2.45. The molecular formula is C14H12N2O2. The molecule has 0 radical (unpaired) electrons.